The zero-order chi connectivity index (χ0) is 44.7. The van der Waals surface area contributed by atoms with Crippen molar-refractivity contribution >= 4 is 35.8 Å². The van der Waals surface area contributed by atoms with Crippen LogP contribution in [0.4, 0.5) is 4.79 Å². The summed E-state index contributed by atoms with van der Waals surface area (Å²) in [6.07, 6.45) is -7.85. The molecule has 62 heavy (non-hydrogen) atoms. The number of ketones is 1. The highest BCUT2D eigenvalue weighted by Gasteiger charge is 2.83. The molecule has 8 rings (SSSR count). The molecule has 0 spiro atoms. The van der Waals surface area contributed by atoms with Gasteiger partial charge in [-0.05, 0) is 68.0 Å². The molecule has 334 valence electrons. The molecule has 4 saturated carbocycles. The van der Waals surface area contributed by atoms with E-state index in [1.165, 1.54) is 37.5 Å². The van der Waals surface area contributed by atoms with Crippen molar-refractivity contribution in [1.82, 2.24) is 5.32 Å². The Bertz CT molecular complexity index is 2180. The average molecular weight is 864 g/mol. The lowest BCUT2D eigenvalue weighted by molar-refractivity contribution is -0.343. The molecule has 1 saturated heterocycles. The molecule has 2 aromatic rings. The molecule has 12 atom stereocenters. The van der Waals surface area contributed by atoms with Crippen LogP contribution in [0.2, 0.25) is 0 Å². The number of furan rings is 1. The quantitative estimate of drug-likeness (QED) is 0.136. The minimum absolute atomic E-state index is 0.0105. The number of benzene rings is 1. The average Bonchev–Trinajstić information content (AvgIpc) is 3.81. The van der Waals surface area contributed by atoms with Crippen LogP contribution in [0.3, 0.4) is 0 Å². The fourth-order valence-electron chi connectivity index (χ4n) is 10.9. The third kappa shape index (κ3) is 6.65. The lowest BCUT2D eigenvalue weighted by Crippen LogP contribution is -2.81. The lowest BCUT2D eigenvalue weighted by atomic mass is 9.46. The van der Waals surface area contributed by atoms with E-state index in [0.717, 1.165) is 6.92 Å². The second-order valence-corrected chi connectivity index (χ2v) is 18.6. The van der Waals surface area contributed by atoms with Crippen LogP contribution in [-0.2, 0) is 47.6 Å². The molecule has 1 amide bonds. The van der Waals surface area contributed by atoms with Gasteiger partial charge in [-0.15, -0.1) is 0 Å². The Morgan fingerprint density at radius 2 is 1.69 bits per heavy atom. The monoisotopic (exact) mass is 863 g/mol. The Morgan fingerprint density at radius 1 is 0.984 bits per heavy atom. The maximum Gasteiger partial charge on any atom is 0.407 e. The number of Topliss-reactive ketones (excluding diaryl/α,β-unsaturated/α-hetero) is 1. The molecule has 1 aromatic heterocycles. The molecule has 5 aliphatic carbocycles. The number of hydrogen-bond acceptors (Lipinski definition) is 16. The van der Waals surface area contributed by atoms with E-state index >= 15 is 4.79 Å². The number of aliphatic hydroxyl groups excluding tert-OH is 2. The zero-order valence-electron chi connectivity index (χ0n) is 35.4. The lowest BCUT2D eigenvalue weighted by Gasteiger charge is -2.66. The summed E-state index contributed by atoms with van der Waals surface area (Å²) in [5.74, 6) is -6.53. The summed E-state index contributed by atoms with van der Waals surface area (Å²) >= 11 is 0. The first-order valence-electron chi connectivity index (χ1n) is 21.0. The summed E-state index contributed by atoms with van der Waals surface area (Å²) in [7, 11) is 0. The van der Waals surface area contributed by atoms with E-state index < -0.39 is 118 Å². The van der Waals surface area contributed by atoms with Gasteiger partial charge in [0.2, 0.25) is 0 Å². The smallest absolute Gasteiger partial charge is 0.407 e. The van der Waals surface area contributed by atoms with E-state index in [-0.39, 0.29) is 54.4 Å². The number of ether oxygens (including phenoxy) is 6. The molecule has 0 radical (unpaired) electrons. The van der Waals surface area contributed by atoms with Crippen molar-refractivity contribution in [3.63, 3.8) is 0 Å². The number of alkyl carbamates (subject to hydrolysis) is 1. The number of aliphatic hydroxyl groups is 3. The predicted octanol–water partition coefficient (Wildman–Crippen LogP) is 3.43. The standard InChI is InChI=1S/C45H53NO16/c1-22(2)18-57-40(54)46-31(27-13-10-16-56-27)32(49)39(53)62-43-19-41(5)30(23(43)3)33(59-37(51)26-14-15-26)35(50)42(6)28(48)17-29-44(21-58-29,61-24(4)47)34(42)36(45(41,55)20-43)60-38(52)25-11-8-7-9-12-25/h7-13,16,22,26,28-29,31-34,36,48-49,55H,14-15,17-21H2,1-6H3,(H,46,54)/t28-,29+,31-,32+,33+,34-,36-,41?,42+,43+,44-,45?/m0/s1. The first-order chi connectivity index (χ1) is 29.2. The summed E-state index contributed by atoms with van der Waals surface area (Å²) in [5, 5.41) is 40.1. The number of esters is 4. The first-order valence-corrected chi connectivity index (χ1v) is 21.0. The minimum atomic E-state index is -2.34. The van der Waals surface area contributed by atoms with Crippen LogP contribution >= 0.6 is 0 Å². The van der Waals surface area contributed by atoms with Crippen LogP contribution in [-0.4, -0.2) is 112 Å². The Hall–Kier alpha value is -5.10. The number of rotatable bonds is 12. The van der Waals surface area contributed by atoms with Gasteiger partial charge in [0.05, 0.1) is 48.4 Å². The Morgan fingerprint density at radius 3 is 2.29 bits per heavy atom. The van der Waals surface area contributed by atoms with Crippen molar-refractivity contribution in [3.8, 4) is 0 Å². The predicted molar refractivity (Wildman–Crippen MR) is 210 cm³/mol. The Labute approximate surface area is 357 Å². The van der Waals surface area contributed by atoms with Gasteiger partial charge in [0.25, 0.3) is 0 Å². The van der Waals surface area contributed by atoms with E-state index in [1.807, 2.05) is 13.8 Å². The Kier molecular flexibility index (Phi) is 10.8. The SMILES string of the molecule is CC(=O)O[C@@]12CO[C@@H]1C[C@H](O)[C@@]1(C)C(=O)[C@H](OC(=O)C3CC3)C3=C(C)[C@@]4(OC(=O)[C@H](O)[C@@H](NC(=O)OCC(C)C)c5ccco5)CC3(C)C(O)(C4)[C@@H](OC(=O)c3ccccc3)[C@H]21. The Balaban J connectivity index is 1.28. The molecular formula is C45H53NO16. The number of carbonyl (C=O) groups is 6. The van der Waals surface area contributed by atoms with Gasteiger partial charge in [0, 0.05) is 31.6 Å². The summed E-state index contributed by atoms with van der Waals surface area (Å²) in [6, 6.07) is 9.29. The summed E-state index contributed by atoms with van der Waals surface area (Å²) in [5.41, 5.74) is -9.30. The molecule has 1 aromatic carbocycles. The van der Waals surface area contributed by atoms with Gasteiger partial charge in [-0.1, -0.05) is 39.0 Å². The molecule has 5 fully saturated rings. The van der Waals surface area contributed by atoms with Crippen molar-refractivity contribution in [3.05, 3.63) is 71.2 Å². The van der Waals surface area contributed by atoms with Gasteiger partial charge < -0.3 is 53.5 Å². The van der Waals surface area contributed by atoms with Crippen LogP contribution in [0.25, 0.3) is 0 Å². The molecule has 2 bridgehead atoms. The highest BCUT2D eigenvalue weighted by Crippen LogP contribution is 2.72. The highest BCUT2D eigenvalue weighted by molar-refractivity contribution is 5.96. The highest BCUT2D eigenvalue weighted by atomic mass is 16.6. The number of carbonyl (C=O) groups excluding carboxylic acids is 6. The second kappa shape index (κ2) is 15.3. The fourth-order valence-corrected chi connectivity index (χ4v) is 10.9. The topological polar surface area (TPSA) is 244 Å². The van der Waals surface area contributed by atoms with Crippen molar-refractivity contribution in [2.45, 2.75) is 127 Å². The van der Waals surface area contributed by atoms with Crippen molar-refractivity contribution < 1.29 is 76.9 Å². The van der Waals surface area contributed by atoms with Crippen molar-refractivity contribution in [2.75, 3.05) is 13.2 Å². The van der Waals surface area contributed by atoms with Crippen molar-refractivity contribution in [2.24, 2.45) is 28.6 Å². The van der Waals surface area contributed by atoms with Gasteiger partial charge in [-0.3, -0.25) is 14.4 Å². The van der Waals surface area contributed by atoms with Crippen LogP contribution in [0, 0.1) is 28.6 Å². The number of amides is 1. The van der Waals surface area contributed by atoms with Crippen LogP contribution in [0.15, 0.2) is 64.3 Å². The van der Waals surface area contributed by atoms with Gasteiger partial charge in [0.1, 0.15) is 35.2 Å². The van der Waals surface area contributed by atoms with Crippen LogP contribution in [0.1, 0.15) is 95.8 Å². The van der Waals surface area contributed by atoms with E-state index in [9.17, 15) is 39.3 Å². The van der Waals surface area contributed by atoms with E-state index in [2.05, 4.69) is 5.32 Å². The molecule has 2 heterocycles. The van der Waals surface area contributed by atoms with Gasteiger partial charge in [-0.2, -0.15) is 0 Å². The van der Waals surface area contributed by atoms with Gasteiger partial charge in [-0.25, -0.2) is 14.4 Å². The van der Waals surface area contributed by atoms with Crippen LogP contribution < -0.4 is 5.32 Å². The van der Waals surface area contributed by atoms with E-state index in [0.29, 0.717) is 12.8 Å². The molecule has 17 nitrogen and oxygen atoms in total. The first kappa shape index (κ1) is 43.5. The summed E-state index contributed by atoms with van der Waals surface area (Å²) < 4.78 is 41.6. The fraction of sp³-hybridized carbons (Fsp3) is 0.600. The van der Waals surface area contributed by atoms with Crippen molar-refractivity contribution in [1.29, 1.82) is 0 Å². The summed E-state index contributed by atoms with van der Waals surface area (Å²) in [6.45, 7) is 9.14. The van der Waals surface area contributed by atoms with E-state index in [1.54, 1.807) is 32.0 Å². The van der Waals surface area contributed by atoms with E-state index in [4.69, 9.17) is 32.8 Å². The van der Waals surface area contributed by atoms with Crippen LogP contribution in [0.5, 0.6) is 0 Å². The molecule has 1 aliphatic heterocycles. The normalized spacial score (nSPS) is 36.5. The molecule has 4 N–H and O–H groups in total. The molecule has 17 heteroatoms. The molecular weight excluding hydrogens is 810 g/mol. The third-order valence-corrected chi connectivity index (χ3v) is 14.2. The molecule has 2 unspecified atom stereocenters. The zero-order valence-corrected chi connectivity index (χ0v) is 35.4. The second-order valence-electron chi connectivity index (χ2n) is 18.6. The summed E-state index contributed by atoms with van der Waals surface area (Å²) in [4.78, 5) is 84.0. The van der Waals surface area contributed by atoms with Gasteiger partial charge >= 0.3 is 30.0 Å². The maximum absolute atomic E-state index is 15.7. The number of nitrogens with one attached hydrogen (secondary N) is 1. The maximum atomic E-state index is 15.7. The third-order valence-electron chi connectivity index (χ3n) is 14.2. The molecule has 6 aliphatic rings. The largest absolute Gasteiger partial charge is 0.467 e. The number of fused-ring (bicyclic) bond motifs is 4. The van der Waals surface area contributed by atoms with Gasteiger partial charge in [0.15, 0.2) is 23.6 Å². The number of hydrogen-bond donors (Lipinski definition) is 4. The minimum Gasteiger partial charge on any atom is -0.467 e.